The first kappa shape index (κ1) is 23.3. The summed E-state index contributed by atoms with van der Waals surface area (Å²) in [7, 11) is 0. The van der Waals surface area contributed by atoms with Crippen LogP contribution in [0, 0.1) is 5.92 Å². The van der Waals surface area contributed by atoms with Crippen LogP contribution in [0.1, 0.15) is 36.9 Å². The predicted octanol–water partition coefficient (Wildman–Crippen LogP) is 4.10. The van der Waals surface area contributed by atoms with E-state index < -0.39 is 35.4 Å². The molecule has 3 atom stereocenters. The van der Waals surface area contributed by atoms with Gasteiger partial charge in [-0.2, -0.15) is 0 Å². The quantitative estimate of drug-likeness (QED) is 0.378. The molecule has 0 radical (unpaired) electrons. The van der Waals surface area contributed by atoms with Gasteiger partial charge >= 0.3 is 11.9 Å². The Labute approximate surface area is 190 Å². The van der Waals surface area contributed by atoms with E-state index in [1.165, 1.54) is 0 Å². The van der Waals surface area contributed by atoms with Crippen molar-refractivity contribution >= 4 is 41.4 Å². The number of halogens is 2. The average molecular weight is 464 g/mol. The van der Waals surface area contributed by atoms with Crippen molar-refractivity contribution in [1.29, 1.82) is 0 Å². The standard InChI is InChI=1S/C23H23Cl2NO5/c1-3-30-21(28)23(22(29)31-4-2)19(14-5-9-16(24)10-6-14)18(13-27)20(26-23)15-7-11-17(25)12-8-15/h5-13,18-20,26H,3-4H2,1-2H3/t18-,19-,20-/m1/s1. The number of aldehydes is 1. The largest absolute Gasteiger partial charge is 0.464 e. The molecule has 0 amide bonds. The van der Waals surface area contributed by atoms with Crippen LogP contribution in [0.5, 0.6) is 0 Å². The number of nitrogens with one attached hydrogen (secondary N) is 1. The molecule has 31 heavy (non-hydrogen) atoms. The van der Waals surface area contributed by atoms with Gasteiger partial charge in [0.05, 0.1) is 13.2 Å². The number of ether oxygens (including phenoxy) is 2. The van der Waals surface area contributed by atoms with E-state index in [0.29, 0.717) is 21.2 Å². The summed E-state index contributed by atoms with van der Waals surface area (Å²) in [5.74, 6) is -3.23. The minimum Gasteiger partial charge on any atom is -0.464 e. The second-order valence-corrected chi connectivity index (χ2v) is 8.04. The lowest BCUT2D eigenvalue weighted by molar-refractivity contribution is -0.166. The maximum atomic E-state index is 13.3. The third kappa shape index (κ3) is 4.33. The molecule has 2 aromatic rings. The van der Waals surface area contributed by atoms with Crippen molar-refractivity contribution in [3.05, 3.63) is 69.7 Å². The summed E-state index contributed by atoms with van der Waals surface area (Å²) in [4.78, 5) is 38.9. The van der Waals surface area contributed by atoms with Crippen LogP contribution in [-0.2, 0) is 23.9 Å². The Balaban J connectivity index is 2.23. The molecule has 3 rings (SSSR count). The van der Waals surface area contributed by atoms with Crippen LogP contribution < -0.4 is 5.32 Å². The molecule has 1 N–H and O–H groups in total. The first-order chi connectivity index (χ1) is 14.9. The highest BCUT2D eigenvalue weighted by Gasteiger charge is 2.65. The van der Waals surface area contributed by atoms with Crippen molar-refractivity contribution in [3.8, 4) is 0 Å². The molecular weight excluding hydrogens is 441 g/mol. The van der Waals surface area contributed by atoms with Gasteiger partial charge < -0.3 is 14.3 Å². The van der Waals surface area contributed by atoms with Crippen LogP contribution in [0.25, 0.3) is 0 Å². The molecule has 0 spiro atoms. The van der Waals surface area contributed by atoms with Crippen molar-refractivity contribution in [2.24, 2.45) is 5.92 Å². The maximum Gasteiger partial charge on any atom is 0.338 e. The van der Waals surface area contributed by atoms with Crippen LogP contribution in [0.15, 0.2) is 48.5 Å². The van der Waals surface area contributed by atoms with Crippen molar-refractivity contribution in [2.75, 3.05) is 13.2 Å². The van der Waals surface area contributed by atoms with Crippen molar-refractivity contribution in [3.63, 3.8) is 0 Å². The summed E-state index contributed by atoms with van der Waals surface area (Å²) >= 11 is 12.1. The van der Waals surface area contributed by atoms with E-state index in [4.69, 9.17) is 32.7 Å². The third-order valence-corrected chi connectivity index (χ3v) is 5.93. The van der Waals surface area contributed by atoms with E-state index in [0.717, 1.165) is 6.29 Å². The van der Waals surface area contributed by atoms with Gasteiger partial charge in [0.25, 0.3) is 0 Å². The summed E-state index contributed by atoms with van der Waals surface area (Å²) in [5.41, 5.74) is -0.613. The Morgan fingerprint density at radius 1 is 0.903 bits per heavy atom. The minimum absolute atomic E-state index is 0.0619. The zero-order valence-electron chi connectivity index (χ0n) is 17.1. The molecule has 1 fully saturated rings. The van der Waals surface area contributed by atoms with Crippen LogP contribution in [0.2, 0.25) is 10.0 Å². The van der Waals surface area contributed by atoms with E-state index in [1.54, 1.807) is 62.4 Å². The molecule has 164 valence electrons. The molecule has 0 aromatic heterocycles. The molecule has 1 saturated heterocycles. The first-order valence-corrected chi connectivity index (χ1v) is 10.7. The predicted molar refractivity (Wildman–Crippen MR) is 117 cm³/mol. The fraction of sp³-hybridized carbons (Fsp3) is 0.348. The monoisotopic (exact) mass is 463 g/mol. The van der Waals surface area contributed by atoms with E-state index in [1.807, 2.05) is 0 Å². The fourth-order valence-electron chi connectivity index (χ4n) is 4.13. The maximum absolute atomic E-state index is 13.3. The minimum atomic E-state index is -1.91. The molecule has 1 aliphatic heterocycles. The zero-order chi connectivity index (χ0) is 22.6. The van der Waals surface area contributed by atoms with Crippen molar-refractivity contribution in [2.45, 2.75) is 31.3 Å². The molecule has 8 heteroatoms. The number of hydrogen-bond donors (Lipinski definition) is 1. The SMILES string of the molecule is CCOC(=O)C1(C(=O)OCC)N[C@H](c2ccc(Cl)cc2)[C@H](C=O)[C@H]1c1ccc(Cl)cc1. The second-order valence-electron chi connectivity index (χ2n) is 7.17. The van der Waals surface area contributed by atoms with Gasteiger partial charge in [-0.15, -0.1) is 0 Å². The van der Waals surface area contributed by atoms with E-state index in [9.17, 15) is 14.4 Å². The fourth-order valence-corrected chi connectivity index (χ4v) is 4.38. The Kier molecular flexibility index (Phi) is 7.36. The molecule has 1 aliphatic rings. The lowest BCUT2D eigenvalue weighted by Crippen LogP contribution is -2.59. The van der Waals surface area contributed by atoms with Gasteiger partial charge in [0.2, 0.25) is 5.54 Å². The highest BCUT2D eigenvalue weighted by Crippen LogP contribution is 2.49. The topological polar surface area (TPSA) is 81.7 Å². The van der Waals surface area contributed by atoms with E-state index in [2.05, 4.69) is 5.32 Å². The summed E-state index contributed by atoms with van der Waals surface area (Å²) in [6.45, 7) is 3.42. The van der Waals surface area contributed by atoms with Crippen LogP contribution in [-0.4, -0.2) is 37.0 Å². The lowest BCUT2D eigenvalue weighted by Gasteiger charge is -2.32. The van der Waals surface area contributed by atoms with E-state index in [-0.39, 0.29) is 13.2 Å². The number of hydrogen-bond acceptors (Lipinski definition) is 6. The zero-order valence-corrected chi connectivity index (χ0v) is 18.7. The smallest absolute Gasteiger partial charge is 0.338 e. The molecule has 0 aliphatic carbocycles. The van der Waals surface area contributed by atoms with Crippen molar-refractivity contribution in [1.82, 2.24) is 5.32 Å². The van der Waals surface area contributed by atoms with Gasteiger partial charge in [0.15, 0.2) is 0 Å². The summed E-state index contributed by atoms with van der Waals surface area (Å²) in [5, 5.41) is 4.14. The molecule has 6 nitrogen and oxygen atoms in total. The van der Waals surface area contributed by atoms with Gasteiger partial charge in [-0.05, 0) is 49.2 Å². The average Bonchev–Trinajstić information content (AvgIpc) is 3.11. The lowest BCUT2D eigenvalue weighted by atomic mass is 9.74. The molecule has 2 aromatic carbocycles. The number of carbonyl (C=O) groups is 3. The Hall–Kier alpha value is -2.41. The Morgan fingerprint density at radius 3 is 1.77 bits per heavy atom. The second kappa shape index (κ2) is 9.81. The van der Waals surface area contributed by atoms with Gasteiger partial charge in [0.1, 0.15) is 6.29 Å². The van der Waals surface area contributed by atoms with Crippen LogP contribution >= 0.6 is 23.2 Å². The molecule has 1 heterocycles. The number of esters is 2. The van der Waals surface area contributed by atoms with Crippen LogP contribution in [0.4, 0.5) is 0 Å². The number of rotatable bonds is 7. The highest BCUT2D eigenvalue weighted by molar-refractivity contribution is 6.30. The third-order valence-electron chi connectivity index (χ3n) is 5.43. The molecule has 0 unspecified atom stereocenters. The Morgan fingerprint density at radius 2 is 1.35 bits per heavy atom. The molecule has 0 saturated carbocycles. The highest BCUT2D eigenvalue weighted by atomic mass is 35.5. The van der Waals surface area contributed by atoms with Gasteiger partial charge in [-0.3, -0.25) is 5.32 Å². The molecular formula is C23H23Cl2NO5. The summed E-state index contributed by atoms with van der Waals surface area (Å²) in [6.07, 6.45) is 0.756. The van der Waals surface area contributed by atoms with Gasteiger partial charge in [-0.1, -0.05) is 47.5 Å². The van der Waals surface area contributed by atoms with Crippen LogP contribution in [0.3, 0.4) is 0 Å². The van der Waals surface area contributed by atoms with Gasteiger partial charge in [0, 0.05) is 27.9 Å². The normalized spacial score (nSPS) is 22.0. The number of carbonyl (C=O) groups excluding carboxylic acids is 3. The Bertz CT molecular complexity index is 927. The summed E-state index contributed by atoms with van der Waals surface area (Å²) in [6, 6.07) is 12.9. The van der Waals surface area contributed by atoms with Gasteiger partial charge in [-0.25, -0.2) is 9.59 Å². The first-order valence-electron chi connectivity index (χ1n) is 9.97. The molecule has 0 bridgehead atoms. The number of benzene rings is 2. The summed E-state index contributed by atoms with van der Waals surface area (Å²) < 4.78 is 10.6. The van der Waals surface area contributed by atoms with Crippen molar-refractivity contribution < 1.29 is 23.9 Å². The van der Waals surface area contributed by atoms with E-state index >= 15 is 0 Å².